The molecular weight excluding hydrogens is 262 g/mol. The fraction of sp³-hybridized carbons (Fsp3) is 0.462. The Morgan fingerprint density at radius 3 is 2.79 bits per heavy atom. The van der Waals surface area contributed by atoms with Gasteiger partial charge < -0.3 is 4.90 Å². The molecule has 1 fully saturated rings. The first-order valence-electron chi connectivity index (χ1n) is 6.35. The van der Waals surface area contributed by atoms with Crippen LogP contribution in [0.3, 0.4) is 0 Å². The zero-order chi connectivity index (χ0) is 13.4. The van der Waals surface area contributed by atoms with Crippen molar-refractivity contribution in [3.8, 4) is 0 Å². The summed E-state index contributed by atoms with van der Waals surface area (Å²) in [4.78, 5) is 11.2. The summed E-state index contributed by atoms with van der Waals surface area (Å²) in [7, 11) is 0. The molecule has 0 saturated carbocycles. The van der Waals surface area contributed by atoms with Crippen molar-refractivity contribution in [1.82, 2.24) is 19.7 Å². The molecule has 0 bridgehead atoms. The summed E-state index contributed by atoms with van der Waals surface area (Å²) < 4.78 is 1.90. The van der Waals surface area contributed by atoms with E-state index in [1.165, 1.54) is 0 Å². The number of aryl methyl sites for hydroxylation is 2. The standard InChI is InChI=1S/C13H16ClN5/c1-9-3-15-10(2)13(17-9)18-5-11(6-18)7-19-8-12(14)4-16-19/h3-4,8,11H,5-7H2,1-2H3. The molecule has 5 nitrogen and oxygen atoms in total. The van der Waals surface area contributed by atoms with E-state index < -0.39 is 0 Å². The lowest BCUT2D eigenvalue weighted by atomic mass is 10.00. The van der Waals surface area contributed by atoms with Crippen molar-refractivity contribution < 1.29 is 0 Å². The average Bonchev–Trinajstić information content (AvgIpc) is 2.73. The van der Waals surface area contributed by atoms with Gasteiger partial charge in [-0.05, 0) is 13.8 Å². The summed E-state index contributed by atoms with van der Waals surface area (Å²) in [6.45, 7) is 6.87. The van der Waals surface area contributed by atoms with Crippen molar-refractivity contribution in [3.63, 3.8) is 0 Å². The minimum atomic E-state index is 0.595. The van der Waals surface area contributed by atoms with Gasteiger partial charge in [-0.15, -0.1) is 0 Å². The molecule has 0 unspecified atom stereocenters. The second-order valence-corrected chi connectivity index (χ2v) is 5.51. The zero-order valence-corrected chi connectivity index (χ0v) is 11.8. The molecule has 0 atom stereocenters. The highest BCUT2D eigenvalue weighted by Crippen LogP contribution is 2.26. The van der Waals surface area contributed by atoms with Crippen molar-refractivity contribution in [2.75, 3.05) is 18.0 Å². The first-order chi connectivity index (χ1) is 9.11. The molecule has 1 aliphatic heterocycles. The molecule has 1 aliphatic rings. The fourth-order valence-corrected chi connectivity index (χ4v) is 2.54. The normalized spacial score (nSPS) is 15.6. The van der Waals surface area contributed by atoms with Gasteiger partial charge in [0, 0.05) is 37.9 Å². The van der Waals surface area contributed by atoms with Gasteiger partial charge in [0.05, 0.1) is 22.6 Å². The predicted molar refractivity (Wildman–Crippen MR) is 74.4 cm³/mol. The van der Waals surface area contributed by atoms with Gasteiger partial charge in [-0.25, -0.2) is 4.98 Å². The van der Waals surface area contributed by atoms with Gasteiger partial charge in [-0.3, -0.25) is 9.67 Å². The van der Waals surface area contributed by atoms with E-state index in [0.29, 0.717) is 10.9 Å². The van der Waals surface area contributed by atoms with Gasteiger partial charge in [0.2, 0.25) is 0 Å². The molecule has 3 heterocycles. The van der Waals surface area contributed by atoms with E-state index in [1.807, 2.05) is 30.9 Å². The molecular formula is C13H16ClN5. The molecule has 19 heavy (non-hydrogen) atoms. The van der Waals surface area contributed by atoms with Crippen LogP contribution in [-0.4, -0.2) is 32.8 Å². The molecule has 0 N–H and O–H groups in total. The third kappa shape index (κ3) is 2.56. The number of hydrogen-bond acceptors (Lipinski definition) is 4. The zero-order valence-electron chi connectivity index (χ0n) is 11.0. The number of anilines is 1. The number of aromatic nitrogens is 4. The second-order valence-electron chi connectivity index (χ2n) is 5.07. The van der Waals surface area contributed by atoms with Crippen LogP contribution in [0.15, 0.2) is 18.6 Å². The maximum atomic E-state index is 5.86. The summed E-state index contributed by atoms with van der Waals surface area (Å²) in [6.07, 6.45) is 5.35. The number of hydrogen-bond donors (Lipinski definition) is 0. The fourth-order valence-electron chi connectivity index (χ4n) is 2.39. The van der Waals surface area contributed by atoms with E-state index in [-0.39, 0.29) is 0 Å². The van der Waals surface area contributed by atoms with Gasteiger partial charge in [-0.1, -0.05) is 11.6 Å². The third-order valence-electron chi connectivity index (χ3n) is 3.35. The van der Waals surface area contributed by atoms with Crippen LogP contribution in [0.25, 0.3) is 0 Å². The van der Waals surface area contributed by atoms with Crippen LogP contribution in [0.1, 0.15) is 11.4 Å². The molecule has 3 rings (SSSR count). The highest BCUT2D eigenvalue weighted by Gasteiger charge is 2.29. The molecule has 0 spiro atoms. The van der Waals surface area contributed by atoms with Crippen molar-refractivity contribution >= 4 is 17.4 Å². The Bertz CT molecular complexity index is 588. The molecule has 2 aromatic rings. The maximum absolute atomic E-state index is 5.86. The van der Waals surface area contributed by atoms with E-state index in [2.05, 4.69) is 20.0 Å². The molecule has 100 valence electrons. The minimum Gasteiger partial charge on any atom is -0.354 e. The van der Waals surface area contributed by atoms with Gasteiger partial charge >= 0.3 is 0 Å². The SMILES string of the molecule is Cc1cnc(C)c(N2CC(Cn3cc(Cl)cn3)C2)n1. The highest BCUT2D eigenvalue weighted by molar-refractivity contribution is 6.30. The summed E-state index contributed by atoms with van der Waals surface area (Å²) >= 11 is 5.86. The lowest BCUT2D eigenvalue weighted by molar-refractivity contribution is 0.339. The monoisotopic (exact) mass is 277 g/mol. The Hall–Kier alpha value is -1.62. The molecule has 0 radical (unpaired) electrons. The van der Waals surface area contributed by atoms with Gasteiger partial charge in [0.1, 0.15) is 5.82 Å². The molecule has 0 amide bonds. The van der Waals surface area contributed by atoms with Gasteiger partial charge in [0.25, 0.3) is 0 Å². The van der Waals surface area contributed by atoms with Crippen molar-refractivity contribution in [1.29, 1.82) is 0 Å². The van der Waals surface area contributed by atoms with Crippen LogP contribution < -0.4 is 4.90 Å². The second kappa shape index (κ2) is 4.81. The van der Waals surface area contributed by atoms with E-state index >= 15 is 0 Å². The first-order valence-corrected chi connectivity index (χ1v) is 6.73. The molecule has 0 aliphatic carbocycles. The number of halogens is 1. The van der Waals surface area contributed by atoms with E-state index in [0.717, 1.165) is 36.8 Å². The van der Waals surface area contributed by atoms with Crippen molar-refractivity contribution in [2.24, 2.45) is 5.92 Å². The lowest BCUT2D eigenvalue weighted by Gasteiger charge is -2.40. The minimum absolute atomic E-state index is 0.595. The van der Waals surface area contributed by atoms with Crippen molar-refractivity contribution in [3.05, 3.63) is 35.0 Å². The smallest absolute Gasteiger partial charge is 0.150 e. The molecule has 6 heteroatoms. The molecule has 1 saturated heterocycles. The largest absolute Gasteiger partial charge is 0.354 e. The average molecular weight is 278 g/mol. The van der Waals surface area contributed by atoms with E-state index in [4.69, 9.17) is 11.6 Å². The summed E-state index contributed by atoms with van der Waals surface area (Å²) in [5, 5.41) is 4.90. The summed E-state index contributed by atoms with van der Waals surface area (Å²) in [6, 6.07) is 0. The van der Waals surface area contributed by atoms with E-state index in [9.17, 15) is 0 Å². The Balaban J connectivity index is 1.62. The van der Waals surface area contributed by atoms with E-state index in [1.54, 1.807) is 6.20 Å². The summed E-state index contributed by atoms with van der Waals surface area (Å²) in [5.74, 6) is 1.60. The maximum Gasteiger partial charge on any atom is 0.150 e. The molecule has 0 aromatic carbocycles. The first kappa shape index (κ1) is 12.4. The van der Waals surface area contributed by atoms with Gasteiger partial charge in [0.15, 0.2) is 0 Å². The van der Waals surface area contributed by atoms with Crippen LogP contribution in [0.2, 0.25) is 5.02 Å². The number of rotatable bonds is 3. The quantitative estimate of drug-likeness (QED) is 0.862. The molecule has 2 aromatic heterocycles. The van der Waals surface area contributed by atoms with Gasteiger partial charge in [-0.2, -0.15) is 5.10 Å². The van der Waals surface area contributed by atoms with Crippen molar-refractivity contribution in [2.45, 2.75) is 20.4 Å². The summed E-state index contributed by atoms with van der Waals surface area (Å²) in [5.41, 5.74) is 1.95. The van der Waals surface area contributed by atoms with Crippen LogP contribution >= 0.6 is 11.6 Å². The van der Waals surface area contributed by atoms with Crippen LogP contribution in [0.4, 0.5) is 5.82 Å². The Labute approximate surface area is 117 Å². The number of nitrogens with zero attached hydrogens (tertiary/aromatic N) is 5. The Kier molecular flexibility index (Phi) is 3.14. The Morgan fingerprint density at radius 1 is 1.32 bits per heavy atom. The topological polar surface area (TPSA) is 46.8 Å². The van der Waals surface area contributed by atoms with Crippen LogP contribution in [0.5, 0.6) is 0 Å². The predicted octanol–water partition coefficient (Wildman–Crippen LogP) is 2.08. The Morgan fingerprint density at radius 2 is 2.11 bits per heavy atom. The van der Waals surface area contributed by atoms with Crippen LogP contribution in [-0.2, 0) is 6.54 Å². The lowest BCUT2D eigenvalue weighted by Crippen LogP contribution is -2.49. The van der Waals surface area contributed by atoms with Crippen LogP contribution in [0, 0.1) is 19.8 Å². The highest BCUT2D eigenvalue weighted by atomic mass is 35.5. The third-order valence-corrected chi connectivity index (χ3v) is 3.55.